The average molecular weight is 462 g/mol. The molecule has 2 aliphatic rings. The van der Waals surface area contributed by atoms with Gasteiger partial charge in [-0.05, 0) is 44.4 Å². The van der Waals surface area contributed by atoms with Gasteiger partial charge in [-0.1, -0.05) is 51.2 Å². The average Bonchev–Trinajstić information content (AvgIpc) is 2.74. The summed E-state index contributed by atoms with van der Waals surface area (Å²) in [6, 6.07) is 8.09. The van der Waals surface area contributed by atoms with Crippen molar-refractivity contribution in [1.29, 1.82) is 0 Å². The van der Waals surface area contributed by atoms with Crippen LogP contribution in [0.2, 0.25) is 0 Å². The molecule has 6 nitrogen and oxygen atoms in total. The lowest BCUT2D eigenvalue weighted by Crippen LogP contribution is -2.59. The van der Waals surface area contributed by atoms with Crippen LogP contribution in [0, 0.1) is 5.92 Å². The molecule has 1 aliphatic heterocycles. The third-order valence-electron chi connectivity index (χ3n) is 6.69. The Morgan fingerprint density at radius 1 is 1.16 bits per heavy atom. The quantitative estimate of drug-likeness (QED) is 0.607. The van der Waals surface area contributed by atoms with E-state index in [-0.39, 0.29) is 23.4 Å². The van der Waals surface area contributed by atoms with Gasteiger partial charge in [-0.15, -0.1) is 11.8 Å². The summed E-state index contributed by atoms with van der Waals surface area (Å²) in [7, 11) is 1.64. The first-order chi connectivity index (χ1) is 15.3. The zero-order valence-corrected chi connectivity index (χ0v) is 20.8. The first kappa shape index (κ1) is 24.7. The van der Waals surface area contributed by atoms with Crippen LogP contribution in [0.15, 0.2) is 24.3 Å². The van der Waals surface area contributed by atoms with Crippen molar-refractivity contribution in [3.8, 4) is 5.75 Å². The number of amides is 3. The third-order valence-corrected chi connectivity index (χ3v) is 8.15. The number of rotatable bonds is 7. The lowest BCUT2D eigenvalue weighted by atomic mass is 9.94. The molecule has 1 saturated carbocycles. The molecule has 0 bridgehead atoms. The number of nitrogens with zero attached hydrogens (tertiary/aromatic N) is 1. The zero-order valence-electron chi connectivity index (χ0n) is 20.0. The Morgan fingerprint density at radius 3 is 2.41 bits per heavy atom. The number of ether oxygens (including phenoxy) is 1. The molecule has 1 heterocycles. The molecular formula is C25H39N3O3S. The molecule has 1 saturated heterocycles. The molecule has 2 unspecified atom stereocenters. The second kappa shape index (κ2) is 11.3. The van der Waals surface area contributed by atoms with E-state index in [0.717, 1.165) is 24.2 Å². The van der Waals surface area contributed by atoms with Gasteiger partial charge in [0.15, 0.2) is 0 Å². The Balaban J connectivity index is 1.62. The van der Waals surface area contributed by atoms with E-state index in [2.05, 4.69) is 22.5 Å². The molecule has 0 spiro atoms. The van der Waals surface area contributed by atoms with Crippen LogP contribution < -0.4 is 15.4 Å². The molecule has 7 heteroatoms. The van der Waals surface area contributed by atoms with Crippen molar-refractivity contribution in [3.63, 3.8) is 0 Å². The van der Waals surface area contributed by atoms with Crippen LogP contribution in [-0.2, 0) is 10.3 Å². The fourth-order valence-corrected chi connectivity index (χ4v) is 6.03. The molecule has 1 aromatic carbocycles. The normalized spacial score (nSPS) is 23.1. The summed E-state index contributed by atoms with van der Waals surface area (Å²) in [6.45, 7) is 6.86. The number of hydrogen-bond acceptors (Lipinski definition) is 4. The van der Waals surface area contributed by atoms with Gasteiger partial charge in [0.1, 0.15) is 5.75 Å². The van der Waals surface area contributed by atoms with Crippen molar-refractivity contribution in [2.24, 2.45) is 5.92 Å². The number of urea groups is 1. The maximum atomic E-state index is 12.9. The van der Waals surface area contributed by atoms with E-state index in [1.54, 1.807) is 18.9 Å². The highest BCUT2D eigenvalue weighted by Gasteiger charge is 2.38. The van der Waals surface area contributed by atoms with Crippen molar-refractivity contribution >= 4 is 23.7 Å². The number of carbonyl (C=O) groups is 2. The van der Waals surface area contributed by atoms with Gasteiger partial charge in [0.2, 0.25) is 5.91 Å². The van der Waals surface area contributed by atoms with Gasteiger partial charge in [-0.3, -0.25) is 4.79 Å². The van der Waals surface area contributed by atoms with Crippen LogP contribution in [0.25, 0.3) is 0 Å². The van der Waals surface area contributed by atoms with Crippen molar-refractivity contribution in [1.82, 2.24) is 15.5 Å². The molecule has 2 fully saturated rings. The zero-order chi connectivity index (χ0) is 23.1. The van der Waals surface area contributed by atoms with Crippen molar-refractivity contribution in [2.45, 2.75) is 82.7 Å². The number of nitrogens with one attached hydrogen (secondary N) is 2. The summed E-state index contributed by atoms with van der Waals surface area (Å²) in [4.78, 5) is 27.8. The van der Waals surface area contributed by atoms with Gasteiger partial charge in [0.25, 0.3) is 0 Å². The van der Waals surface area contributed by atoms with E-state index >= 15 is 0 Å². The van der Waals surface area contributed by atoms with Gasteiger partial charge in [0.05, 0.1) is 23.8 Å². The molecule has 2 atom stereocenters. The summed E-state index contributed by atoms with van der Waals surface area (Å²) in [6.07, 6.45) is 8.29. The van der Waals surface area contributed by atoms with Crippen LogP contribution in [-0.4, -0.2) is 47.7 Å². The Kier molecular flexibility index (Phi) is 8.74. The first-order valence-corrected chi connectivity index (χ1v) is 13.0. The fraction of sp³-hybridized carbons (Fsp3) is 0.680. The van der Waals surface area contributed by atoms with Crippen molar-refractivity contribution in [2.75, 3.05) is 19.4 Å². The lowest BCUT2D eigenvalue weighted by Gasteiger charge is -2.44. The smallest absolute Gasteiger partial charge is 0.318 e. The van der Waals surface area contributed by atoms with E-state index < -0.39 is 5.54 Å². The summed E-state index contributed by atoms with van der Waals surface area (Å²) >= 11 is 1.61. The molecule has 3 rings (SSSR count). The molecule has 2 N–H and O–H groups in total. The highest BCUT2D eigenvalue weighted by Crippen LogP contribution is 2.33. The van der Waals surface area contributed by atoms with Gasteiger partial charge in [-0.25, -0.2) is 4.79 Å². The second-order valence-electron chi connectivity index (χ2n) is 9.67. The van der Waals surface area contributed by atoms with E-state index in [9.17, 15) is 9.59 Å². The summed E-state index contributed by atoms with van der Waals surface area (Å²) in [5, 5.41) is 6.26. The van der Waals surface area contributed by atoms with Gasteiger partial charge >= 0.3 is 6.03 Å². The standard InChI is InChI=1S/C25H39N3O3S/c1-18-16-26-24(30)28(20-10-8-6-5-7-9-11-20)23(18)32-17-22(29)27-25(2,3)19-12-14-21(31-4)15-13-19/h12-15,18,20,23H,5-11,16-17H2,1-4H3,(H,26,30)(H,27,29). The summed E-state index contributed by atoms with van der Waals surface area (Å²) in [5.74, 6) is 1.42. The SMILES string of the molecule is COc1ccc(C(C)(C)NC(=O)CSC2C(C)CNC(=O)N2C2CCCCCCC2)cc1. The maximum absolute atomic E-state index is 12.9. The second-order valence-corrected chi connectivity index (χ2v) is 10.8. The molecule has 1 aliphatic carbocycles. The van der Waals surface area contributed by atoms with Crippen molar-refractivity contribution < 1.29 is 14.3 Å². The molecule has 178 valence electrons. The van der Waals surface area contributed by atoms with Crippen molar-refractivity contribution in [3.05, 3.63) is 29.8 Å². The van der Waals surface area contributed by atoms with Crippen LogP contribution >= 0.6 is 11.8 Å². The Morgan fingerprint density at radius 2 is 1.78 bits per heavy atom. The number of thioether (sulfide) groups is 1. The lowest BCUT2D eigenvalue weighted by molar-refractivity contribution is -0.120. The predicted molar refractivity (Wildman–Crippen MR) is 131 cm³/mol. The molecule has 0 aromatic heterocycles. The largest absolute Gasteiger partial charge is 0.497 e. The number of methoxy groups -OCH3 is 1. The molecule has 3 amide bonds. The molecular weight excluding hydrogens is 422 g/mol. The minimum Gasteiger partial charge on any atom is -0.497 e. The van der Waals surface area contributed by atoms with E-state index in [1.165, 1.54) is 32.1 Å². The molecule has 32 heavy (non-hydrogen) atoms. The monoisotopic (exact) mass is 461 g/mol. The molecule has 0 radical (unpaired) electrons. The maximum Gasteiger partial charge on any atom is 0.318 e. The van der Waals surface area contributed by atoms with Crippen LogP contribution in [0.1, 0.15) is 71.3 Å². The third kappa shape index (κ3) is 6.33. The topological polar surface area (TPSA) is 70.7 Å². The minimum atomic E-state index is -0.487. The van der Waals surface area contributed by atoms with Gasteiger partial charge in [0, 0.05) is 18.5 Å². The number of carbonyl (C=O) groups excluding carboxylic acids is 2. The highest BCUT2D eigenvalue weighted by atomic mass is 32.2. The Hall–Kier alpha value is -1.89. The number of benzene rings is 1. The first-order valence-electron chi connectivity index (χ1n) is 11.9. The summed E-state index contributed by atoms with van der Waals surface area (Å²) < 4.78 is 5.23. The van der Waals surface area contributed by atoms with Crippen LogP contribution in [0.5, 0.6) is 5.75 Å². The van der Waals surface area contributed by atoms with E-state index in [1.807, 2.05) is 38.1 Å². The van der Waals surface area contributed by atoms with Crippen LogP contribution in [0.3, 0.4) is 0 Å². The van der Waals surface area contributed by atoms with E-state index in [0.29, 0.717) is 18.2 Å². The Bertz CT molecular complexity index is 760. The summed E-state index contributed by atoms with van der Waals surface area (Å²) in [5.41, 5.74) is 0.539. The Labute approximate surface area is 197 Å². The van der Waals surface area contributed by atoms with Gasteiger partial charge in [-0.2, -0.15) is 0 Å². The van der Waals surface area contributed by atoms with Gasteiger partial charge < -0.3 is 20.3 Å². The minimum absolute atomic E-state index is 0.00776. The fourth-order valence-electron chi connectivity index (χ4n) is 4.79. The van der Waals surface area contributed by atoms with E-state index in [4.69, 9.17) is 4.74 Å². The number of hydrogen-bond donors (Lipinski definition) is 2. The molecule has 1 aromatic rings. The van der Waals surface area contributed by atoms with Crippen LogP contribution in [0.4, 0.5) is 4.79 Å². The highest BCUT2D eigenvalue weighted by molar-refractivity contribution is 8.00. The predicted octanol–water partition coefficient (Wildman–Crippen LogP) is 4.88.